The van der Waals surface area contributed by atoms with Gasteiger partial charge < -0.3 is 19.0 Å². The minimum Gasteiger partial charge on any atom is -0.450 e. The maximum absolute atomic E-state index is 14.2. The number of carbonyl (C=O) groups excluding carboxylic acids is 2. The van der Waals surface area contributed by atoms with Crippen LogP contribution in [0.4, 0.5) is 10.1 Å². The van der Waals surface area contributed by atoms with E-state index >= 15 is 0 Å². The third kappa shape index (κ3) is 3.31. The van der Waals surface area contributed by atoms with Crippen LogP contribution in [-0.2, 0) is 15.1 Å². The number of hydrogen-bond donors (Lipinski definition) is 0. The number of rotatable bonds is 7. The Kier molecular flexibility index (Phi) is 5.71. The van der Waals surface area contributed by atoms with E-state index in [1.165, 1.54) is 17.0 Å². The van der Waals surface area contributed by atoms with Crippen LogP contribution < -0.4 is 10.3 Å². The zero-order valence-corrected chi connectivity index (χ0v) is 20.0. The highest BCUT2D eigenvalue weighted by atomic mass is 19.1. The number of anilines is 1. The van der Waals surface area contributed by atoms with Gasteiger partial charge in [-0.05, 0) is 51.0 Å². The van der Waals surface area contributed by atoms with Crippen LogP contribution in [0.3, 0.4) is 0 Å². The monoisotopic (exact) mass is 478 g/mol. The number of halogens is 1. The minimum atomic E-state index is -1.67. The molecule has 0 aliphatic carbocycles. The first-order valence-corrected chi connectivity index (χ1v) is 11.9. The first kappa shape index (κ1) is 23.2. The highest BCUT2D eigenvalue weighted by Gasteiger charge is 2.64. The van der Waals surface area contributed by atoms with E-state index in [1.807, 2.05) is 32.9 Å². The number of nitrogens with zero attached hydrogens (tertiary/aromatic N) is 2. The summed E-state index contributed by atoms with van der Waals surface area (Å²) in [6.45, 7) is 6.80. The van der Waals surface area contributed by atoms with Crippen LogP contribution in [0.25, 0.3) is 11.0 Å². The van der Waals surface area contributed by atoms with Gasteiger partial charge in [0, 0.05) is 25.3 Å². The van der Waals surface area contributed by atoms with Crippen molar-refractivity contribution in [2.45, 2.75) is 45.3 Å². The average Bonchev–Trinajstić information content (AvgIpc) is 3.22. The molecule has 0 bridgehead atoms. The Morgan fingerprint density at radius 3 is 2.60 bits per heavy atom. The van der Waals surface area contributed by atoms with Crippen molar-refractivity contribution in [3.05, 3.63) is 75.4 Å². The second-order valence-corrected chi connectivity index (χ2v) is 9.19. The molecule has 1 aromatic heterocycles. The topological polar surface area (TPSA) is 80.1 Å². The van der Waals surface area contributed by atoms with E-state index in [4.69, 9.17) is 9.15 Å². The van der Waals surface area contributed by atoms with E-state index in [0.29, 0.717) is 37.2 Å². The molecule has 8 heteroatoms. The van der Waals surface area contributed by atoms with Gasteiger partial charge in [0.05, 0.1) is 22.7 Å². The third-order valence-corrected chi connectivity index (χ3v) is 6.62. The second kappa shape index (κ2) is 8.61. The molecule has 0 radical (unpaired) electrons. The zero-order valence-electron chi connectivity index (χ0n) is 20.0. The van der Waals surface area contributed by atoms with Crippen molar-refractivity contribution in [2.24, 2.45) is 0 Å². The normalized spacial score (nSPS) is 18.9. The van der Waals surface area contributed by atoms with Crippen molar-refractivity contribution >= 4 is 28.5 Å². The quantitative estimate of drug-likeness (QED) is 0.476. The van der Waals surface area contributed by atoms with Gasteiger partial charge >= 0.3 is 0 Å². The highest BCUT2D eigenvalue weighted by Crippen LogP contribution is 2.52. The summed E-state index contributed by atoms with van der Waals surface area (Å²) in [7, 11) is 0. The SMILES string of the molecule is CCCN1C(=O)C2(c3ccccc31)c1c(oc3ccc(F)cc3c1=O)C(=O)N2CCCOC(C)C. The lowest BCUT2D eigenvalue weighted by molar-refractivity contribution is -0.126. The fourth-order valence-electron chi connectivity index (χ4n) is 5.25. The Morgan fingerprint density at radius 2 is 1.86 bits per heavy atom. The standard InChI is InChI=1S/C27H27FN2O5/c1-4-12-29-20-9-6-5-8-19(20)27(26(29)33)22-23(31)18-15-17(28)10-11-21(18)35-24(22)25(32)30(27)13-7-14-34-16(2)3/h5-6,8-11,15-16H,4,7,12-14H2,1-3H3. The van der Waals surface area contributed by atoms with Crippen molar-refractivity contribution in [1.29, 1.82) is 0 Å². The molecular formula is C27H27FN2O5. The van der Waals surface area contributed by atoms with E-state index in [2.05, 4.69) is 0 Å². The van der Waals surface area contributed by atoms with Crippen molar-refractivity contribution in [3.8, 4) is 0 Å². The third-order valence-electron chi connectivity index (χ3n) is 6.62. The van der Waals surface area contributed by atoms with E-state index < -0.39 is 22.7 Å². The predicted molar refractivity (Wildman–Crippen MR) is 129 cm³/mol. The number of amides is 2. The maximum atomic E-state index is 14.2. The van der Waals surface area contributed by atoms with Gasteiger partial charge in [0.15, 0.2) is 11.0 Å². The smallest absolute Gasteiger partial charge is 0.291 e. The van der Waals surface area contributed by atoms with Gasteiger partial charge in [-0.1, -0.05) is 25.1 Å². The number of benzene rings is 2. The molecule has 3 aromatic rings. The van der Waals surface area contributed by atoms with Crippen molar-refractivity contribution in [3.63, 3.8) is 0 Å². The Hall–Kier alpha value is -3.52. The fourth-order valence-corrected chi connectivity index (χ4v) is 5.25. The van der Waals surface area contributed by atoms with Gasteiger partial charge in [0.1, 0.15) is 11.4 Å². The van der Waals surface area contributed by atoms with Crippen molar-refractivity contribution in [1.82, 2.24) is 4.90 Å². The Balaban J connectivity index is 1.78. The fraction of sp³-hybridized carbons (Fsp3) is 0.370. The summed E-state index contributed by atoms with van der Waals surface area (Å²) >= 11 is 0. The van der Waals surface area contributed by atoms with Crippen LogP contribution in [0, 0.1) is 5.82 Å². The summed E-state index contributed by atoms with van der Waals surface area (Å²) in [6, 6.07) is 10.8. The summed E-state index contributed by atoms with van der Waals surface area (Å²) in [4.78, 5) is 44.9. The Bertz CT molecular complexity index is 1400. The van der Waals surface area contributed by atoms with Crippen LogP contribution in [0.5, 0.6) is 0 Å². The highest BCUT2D eigenvalue weighted by molar-refractivity contribution is 6.17. The molecule has 0 saturated heterocycles. The van der Waals surface area contributed by atoms with Crippen LogP contribution in [-0.4, -0.2) is 42.5 Å². The van der Waals surface area contributed by atoms with E-state index in [-0.39, 0.29) is 40.8 Å². The van der Waals surface area contributed by atoms with Gasteiger partial charge in [0.25, 0.3) is 11.8 Å². The summed E-state index contributed by atoms with van der Waals surface area (Å²) in [5.74, 6) is -1.67. The molecule has 2 aliphatic rings. The predicted octanol–water partition coefficient (Wildman–Crippen LogP) is 4.20. The lowest BCUT2D eigenvalue weighted by Crippen LogP contribution is -2.53. The number of para-hydroxylation sites is 1. The molecule has 3 heterocycles. The van der Waals surface area contributed by atoms with Gasteiger partial charge in [-0.15, -0.1) is 0 Å². The second-order valence-electron chi connectivity index (χ2n) is 9.19. The first-order valence-electron chi connectivity index (χ1n) is 11.9. The number of fused-ring (bicyclic) bond motifs is 5. The van der Waals surface area contributed by atoms with Crippen molar-refractivity contribution < 1.29 is 23.1 Å². The Morgan fingerprint density at radius 1 is 1.09 bits per heavy atom. The molecule has 0 N–H and O–H groups in total. The maximum Gasteiger partial charge on any atom is 0.291 e. The molecule has 2 aromatic carbocycles. The van der Waals surface area contributed by atoms with Gasteiger partial charge in [-0.2, -0.15) is 0 Å². The van der Waals surface area contributed by atoms with Gasteiger partial charge in [0.2, 0.25) is 5.76 Å². The van der Waals surface area contributed by atoms with Crippen LogP contribution in [0.2, 0.25) is 0 Å². The van der Waals surface area contributed by atoms with E-state index in [1.54, 1.807) is 17.0 Å². The molecule has 1 unspecified atom stereocenters. The summed E-state index contributed by atoms with van der Waals surface area (Å²) in [5, 5.41) is 0.000128. The van der Waals surface area contributed by atoms with E-state index in [9.17, 15) is 18.8 Å². The summed E-state index contributed by atoms with van der Waals surface area (Å²) in [5.41, 5.74) is -0.969. The molecule has 2 amide bonds. The summed E-state index contributed by atoms with van der Waals surface area (Å²) < 4.78 is 25.7. The van der Waals surface area contributed by atoms with E-state index in [0.717, 1.165) is 6.07 Å². The van der Waals surface area contributed by atoms with Crippen molar-refractivity contribution in [2.75, 3.05) is 24.6 Å². The molecule has 35 heavy (non-hydrogen) atoms. The van der Waals surface area contributed by atoms with Gasteiger partial charge in [-0.3, -0.25) is 14.4 Å². The van der Waals surface area contributed by atoms with Crippen LogP contribution in [0.1, 0.15) is 55.3 Å². The molecule has 7 nitrogen and oxygen atoms in total. The lowest BCUT2D eigenvalue weighted by Gasteiger charge is -2.34. The first-order chi connectivity index (χ1) is 16.8. The minimum absolute atomic E-state index is 0.000128. The molecule has 182 valence electrons. The van der Waals surface area contributed by atoms with Gasteiger partial charge in [-0.25, -0.2) is 4.39 Å². The largest absolute Gasteiger partial charge is 0.450 e. The average molecular weight is 479 g/mol. The van der Waals surface area contributed by atoms with Crippen LogP contribution in [0.15, 0.2) is 51.7 Å². The molecular weight excluding hydrogens is 451 g/mol. The lowest BCUT2D eigenvalue weighted by atomic mass is 9.84. The molecule has 5 rings (SSSR count). The molecule has 2 aliphatic heterocycles. The number of hydrogen-bond acceptors (Lipinski definition) is 5. The zero-order chi connectivity index (χ0) is 24.9. The number of ether oxygens (including phenoxy) is 1. The molecule has 1 spiro atoms. The number of carbonyl (C=O) groups is 2. The Labute approximate surface area is 202 Å². The van der Waals surface area contributed by atoms with Crippen LogP contribution >= 0.6 is 0 Å². The molecule has 0 fully saturated rings. The summed E-state index contributed by atoms with van der Waals surface area (Å²) in [6.07, 6.45) is 1.18. The molecule has 0 saturated carbocycles. The molecule has 1 atom stereocenters.